The second-order valence-corrected chi connectivity index (χ2v) is 4.75. The minimum atomic E-state index is -0.275. The van der Waals surface area contributed by atoms with E-state index < -0.39 is 0 Å². The Labute approximate surface area is 115 Å². The predicted octanol–water partition coefficient (Wildman–Crippen LogP) is 2.71. The van der Waals surface area contributed by atoms with Gasteiger partial charge < -0.3 is 5.32 Å². The minimum absolute atomic E-state index is 0.275. The maximum Gasteiger partial charge on any atom is 0.354 e. The van der Waals surface area contributed by atoms with Crippen molar-refractivity contribution in [1.82, 2.24) is 9.55 Å². The van der Waals surface area contributed by atoms with E-state index in [4.69, 9.17) is 11.6 Å². The van der Waals surface area contributed by atoms with E-state index in [-0.39, 0.29) is 5.69 Å². The van der Waals surface area contributed by atoms with Gasteiger partial charge in [0.1, 0.15) is 5.82 Å². The molecule has 0 radical (unpaired) electrons. The summed E-state index contributed by atoms with van der Waals surface area (Å²) in [6, 6.07) is 5.37. The number of rotatable bonds is 0. The summed E-state index contributed by atoms with van der Waals surface area (Å²) >= 11 is 8.02. The lowest BCUT2D eigenvalue weighted by Crippen LogP contribution is -2.20. The fourth-order valence-electron chi connectivity index (χ4n) is 1.95. The molecule has 0 atom stereocenters. The molecule has 6 heteroatoms. The number of aromatic nitrogens is 2. The summed E-state index contributed by atoms with van der Waals surface area (Å²) in [5.74, 6) is 0.791. The Kier molecular flexibility index (Phi) is 2.59. The van der Waals surface area contributed by atoms with Gasteiger partial charge in [-0.1, -0.05) is 34.2 Å². The van der Waals surface area contributed by atoms with Gasteiger partial charge in [0.15, 0.2) is 0 Å². The van der Waals surface area contributed by atoms with Crippen LogP contribution < -0.4 is 11.0 Å². The molecule has 1 aliphatic heterocycles. The van der Waals surface area contributed by atoms with Crippen LogP contribution in [0.3, 0.4) is 0 Å². The first-order valence-electron chi connectivity index (χ1n) is 4.96. The van der Waals surface area contributed by atoms with Crippen molar-refractivity contribution < 1.29 is 0 Å². The molecule has 0 saturated heterocycles. The zero-order chi connectivity index (χ0) is 12.0. The summed E-state index contributed by atoms with van der Waals surface area (Å²) in [7, 11) is 0. The molecule has 1 aliphatic rings. The molecule has 0 saturated carbocycles. The third-order valence-corrected chi connectivity index (χ3v) is 3.65. The first-order chi connectivity index (χ1) is 8.20. The van der Waals surface area contributed by atoms with Gasteiger partial charge in [0, 0.05) is 10.4 Å². The van der Waals surface area contributed by atoms with Gasteiger partial charge in [0.05, 0.1) is 17.8 Å². The third kappa shape index (κ3) is 1.64. The lowest BCUT2D eigenvalue weighted by Gasteiger charge is -2.06. The summed E-state index contributed by atoms with van der Waals surface area (Å²) in [5.41, 5.74) is 1.26. The summed E-state index contributed by atoms with van der Waals surface area (Å²) in [6.45, 7) is 0.640. The summed E-state index contributed by atoms with van der Waals surface area (Å²) in [5, 5.41) is 4.70. The zero-order valence-electron chi connectivity index (χ0n) is 8.58. The summed E-state index contributed by atoms with van der Waals surface area (Å²) in [6.07, 6.45) is 0. The Morgan fingerprint density at radius 2 is 2.35 bits per heavy atom. The standard InChI is InChI=1S/C11H7ClIN3O/c12-6-1-2-8-9(3-6)15-11(17)16-7(4-13)5-14-10(8)16/h1-4,14H,5H2/b7-4+. The Hall–Kier alpha value is -1.08. The highest BCUT2D eigenvalue weighted by Gasteiger charge is 2.20. The number of halogens is 2. The average Bonchev–Trinajstić information content (AvgIpc) is 2.73. The molecule has 1 N–H and O–H groups in total. The molecule has 0 amide bonds. The van der Waals surface area contributed by atoms with Crippen molar-refractivity contribution in [1.29, 1.82) is 0 Å². The molecule has 0 aliphatic carbocycles. The van der Waals surface area contributed by atoms with Gasteiger partial charge in [-0.15, -0.1) is 0 Å². The molecule has 2 aromatic rings. The molecule has 0 unspecified atom stereocenters. The maximum absolute atomic E-state index is 11.9. The SMILES string of the molecule is O=c1nc2cc(Cl)ccc2c2n1/C(=C/I)CN2. The normalized spacial score (nSPS) is 16.2. The molecule has 86 valence electrons. The van der Waals surface area contributed by atoms with E-state index in [1.54, 1.807) is 16.7 Å². The largest absolute Gasteiger partial charge is 0.365 e. The molecular formula is C11H7ClIN3O. The quantitative estimate of drug-likeness (QED) is 0.736. The molecule has 0 fully saturated rings. The topological polar surface area (TPSA) is 46.9 Å². The highest BCUT2D eigenvalue weighted by molar-refractivity contribution is 14.1. The van der Waals surface area contributed by atoms with Crippen LogP contribution in [0.1, 0.15) is 0 Å². The van der Waals surface area contributed by atoms with E-state index in [9.17, 15) is 4.79 Å². The van der Waals surface area contributed by atoms with Crippen LogP contribution >= 0.6 is 34.2 Å². The van der Waals surface area contributed by atoms with Crippen molar-refractivity contribution in [3.8, 4) is 0 Å². The smallest absolute Gasteiger partial charge is 0.354 e. The van der Waals surface area contributed by atoms with Crippen LogP contribution in [-0.2, 0) is 0 Å². The molecular weight excluding hydrogens is 352 g/mol. The number of anilines is 1. The first kappa shape index (κ1) is 11.0. The summed E-state index contributed by atoms with van der Waals surface area (Å²) < 4.78 is 3.48. The molecule has 0 bridgehead atoms. The van der Waals surface area contributed by atoms with Gasteiger partial charge in [0.25, 0.3) is 0 Å². The van der Waals surface area contributed by atoms with E-state index in [2.05, 4.69) is 32.9 Å². The van der Waals surface area contributed by atoms with E-state index in [1.807, 2.05) is 10.1 Å². The maximum atomic E-state index is 11.9. The number of nitrogens with zero attached hydrogens (tertiary/aromatic N) is 2. The highest BCUT2D eigenvalue weighted by atomic mass is 127. The molecule has 4 nitrogen and oxygen atoms in total. The minimum Gasteiger partial charge on any atom is -0.365 e. The van der Waals surface area contributed by atoms with Gasteiger partial charge in [-0.05, 0) is 22.3 Å². The Morgan fingerprint density at radius 1 is 1.53 bits per heavy atom. The van der Waals surface area contributed by atoms with Crippen molar-refractivity contribution >= 4 is 56.6 Å². The van der Waals surface area contributed by atoms with Crippen LogP contribution in [0.15, 0.2) is 27.1 Å². The van der Waals surface area contributed by atoms with Crippen molar-refractivity contribution in [3.63, 3.8) is 0 Å². The molecule has 3 rings (SSSR count). The highest BCUT2D eigenvalue weighted by Crippen LogP contribution is 2.29. The molecule has 0 spiro atoms. The van der Waals surface area contributed by atoms with Crippen molar-refractivity contribution in [2.75, 3.05) is 11.9 Å². The lowest BCUT2D eigenvalue weighted by molar-refractivity contribution is 0.997. The second kappa shape index (κ2) is 3.99. The van der Waals surface area contributed by atoms with Crippen LogP contribution in [-0.4, -0.2) is 16.1 Å². The van der Waals surface area contributed by atoms with Gasteiger partial charge in [-0.2, -0.15) is 4.98 Å². The van der Waals surface area contributed by atoms with Crippen molar-refractivity contribution in [2.24, 2.45) is 0 Å². The van der Waals surface area contributed by atoms with E-state index >= 15 is 0 Å². The number of hydrogen-bond donors (Lipinski definition) is 1. The second-order valence-electron chi connectivity index (χ2n) is 3.69. The number of nitrogens with one attached hydrogen (secondary N) is 1. The number of benzene rings is 1. The monoisotopic (exact) mass is 359 g/mol. The van der Waals surface area contributed by atoms with Crippen LogP contribution in [0.4, 0.5) is 5.82 Å². The van der Waals surface area contributed by atoms with E-state index in [0.717, 1.165) is 16.9 Å². The Balaban J connectivity index is 2.45. The average molecular weight is 360 g/mol. The van der Waals surface area contributed by atoms with Gasteiger partial charge in [-0.25, -0.2) is 9.36 Å². The van der Waals surface area contributed by atoms with Crippen LogP contribution in [0.25, 0.3) is 16.6 Å². The van der Waals surface area contributed by atoms with E-state index in [0.29, 0.717) is 17.1 Å². The fraction of sp³-hybridized carbons (Fsp3) is 0.0909. The first-order valence-corrected chi connectivity index (χ1v) is 6.59. The number of hydrogen-bond acceptors (Lipinski definition) is 3. The molecule has 1 aromatic heterocycles. The van der Waals surface area contributed by atoms with Gasteiger partial charge >= 0.3 is 5.69 Å². The van der Waals surface area contributed by atoms with Crippen molar-refractivity contribution in [3.05, 3.63) is 37.8 Å². The lowest BCUT2D eigenvalue weighted by atomic mass is 10.2. The van der Waals surface area contributed by atoms with Gasteiger partial charge in [0.2, 0.25) is 0 Å². The van der Waals surface area contributed by atoms with Gasteiger partial charge in [-0.3, -0.25) is 0 Å². The van der Waals surface area contributed by atoms with Crippen LogP contribution in [0.5, 0.6) is 0 Å². The van der Waals surface area contributed by atoms with Crippen LogP contribution in [0.2, 0.25) is 5.02 Å². The Morgan fingerprint density at radius 3 is 3.12 bits per heavy atom. The predicted molar refractivity (Wildman–Crippen MR) is 77.8 cm³/mol. The van der Waals surface area contributed by atoms with E-state index in [1.165, 1.54) is 0 Å². The zero-order valence-corrected chi connectivity index (χ0v) is 11.5. The Bertz CT molecular complexity index is 708. The summed E-state index contributed by atoms with van der Waals surface area (Å²) in [4.78, 5) is 16.0. The molecule has 17 heavy (non-hydrogen) atoms. The van der Waals surface area contributed by atoms with Crippen molar-refractivity contribution in [2.45, 2.75) is 0 Å². The fourth-order valence-corrected chi connectivity index (χ4v) is 2.61. The molecule has 2 heterocycles. The third-order valence-electron chi connectivity index (χ3n) is 2.70. The molecule has 1 aromatic carbocycles. The number of fused-ring (bicyclic) bond motifs is 3. The van der Waals surface area contributed by atoms with Crippen LogP contribution in [0, 0.1) is 0 Å².